The van der Waals surface area contributed by atoms with Gasteiger partial charge < -0.3 is 10.2 Å². The molecular formula is C107H218O2. The van der Waals surface area contributed by atoms with E-state index in [9.17, 15) is 0 Å². The topological polar surface area (TPSA) is 40.5 Å². The average molecular weight is 1540 g/mol. The highest BCUT2D eigenvalue weighted by atomic mass is 16.2. The lowest BCUT2D eigenvalue weighted by molar-refractivity contribution is 0.399. The molecule has 0 aliphatic heterocycles. The maximum absolute atomic E-state index is 7.00. The number of aliphatic hydroxyl groups excluding tert-OH is 2. The van der Waals surface area contributed by atoms with E-state index in [0.29, 0.717) is 0 Å². The third-order valence-corrected chi connectivity index (χ3v) is 26.2. The van der Waals surface area contributed by atoms with Crippen LogP contribution in [0.5, 0.6) is 0 Å². The summed E-state index contributed by atoms with van der Waals surface area (Å²) in [5.41, 5.74) is 0. The number of aliphatic hydroxyl groups is 2. The van der Waals surface area contributed by atoms with E-state index < -0.39 is 0 Å². The van der Waals surface area contributed by atoms with Crippen LogP contribution in [0, 0.1) is 0 Å². The quantitative estimate of drug-likeness (QED) is 0.254. The first-order valence-corrected chi connectivity index (χ1v) is 53.4. The lowest BCUT2D eigenvalue weighted by atomic mass is 10.0. The molecule has 0 bridgehead atoms. The third-order valence-electron chi connectivity index (χ3n) is 26.2. The van der Waals surface area contributed by atoms with Crippen molar-refractivity contribution in [2.45, 2.75) is 674 Å². The molecule has 0 aromatic heterocycles. The van der Waals surface area contributed by atoms with Gasteiger partial charge in [-0.05, 0) is 0 Å². The second kappa shape index (κ2) is 112. The zero-order valence-electron chi connectivity index (χ0n) is 77.1. The summed E-state index contributed by atoms with van der Waals surface area (Å²) in [6.07, 6.45) is 158. The van der Waals surface area contributed by atoms with E-state index in [-0.39, 0.29) is 0 Å². The van der Waals surface area contributed by atoms with E-state index in [1.165, 1.54) is 674 Å². The first kappa shape index (κ1) is 111. The van der Waals surface area contributed by atoms with E-state index in [1.54, 1.807) is 0 Å². The zero-order valence-corrected chi connectivity index (χ0v) is 77.1. The molecule has 8 aliphatic rings. The van der Waals surface area contributed by atoms with E-state index in [2.05, 4.69) is 0 Å². The molecule has 8 fully saturated rings. The van der Waals surface area contributed by atoms with Crippen LogP contribution in [0.25, 0.3) is 0 Å². The second-order valence-corrected chi connectivity index (χ2v) is 37.1. The molecule has 0 spiro atoms. The molecule has 0 amide bonds. The number of hydrogen-bond donors (Lipinski definition) is 2. The van der Waals surface area contributed by atoms with Crippen LogP contribution in [0.15, 0.2) is 0 Å². The Hall–Kier alpha value is -0.0800. The Balaban J connectivity index is 0. The van der Waals surface area contributed by atoms with E-state index in [4.69, 9.17) is 10.2 Å². The Morgan fingerprint density at radius 3 is 0.0642 bits per heavy atom. The monoisotopic (exact) mass is 1540 g/mol. The van der Waals surface area contributed by atoms with Crippen molar-refractivity contribution in [3.8, 4) is 0 Å². The van der Waals surface area contributed by atoms with Crippen molar-refractivity contribution in [3.05, 3.63) is 0 Å². The summed E-state index contributed by atoms with van der Waals surface area (Å²) in [5, 5.41) is 14.0. The average Bonchev–Trinajstić information content (AvgIpc) is 4.01. The predicted molar refractivity (Wildman–Crippen MR) is 501 cm³/mol. The minimum absolute atomic E-state index is 1.00. The maximum atomic E-state index is 7.00. The van der Waals surface area contributed by atoms with Gasteiger partial charge >= 0.3 is 0 Å². The first-order valence-electron chi connectivity index (χ1n) is 53.4. The van der Waals surface area contributed by atoms with Crippen molar-refractivity contribution in [2.24, 2.45) is 0 Å². The molecule has 0 radical (unpaired) electrons. The van der Waals surface area contributed by atoms with Gasteiger partial charge in [0.2, 0.25) is 0 Å². The molecule has 8 rings (SSSR count). The molecule has 0 aromatic rings. The normalized spacial score (nSPS) is 23.2. The van der Waals surface area contributed by atoms with E-state index >= 15 is 0 Å². The smallest absolute Gasteiger partial charge is 0.0319 e. The largest absolute Gasteiger partial charge is 0.400 e. The second-order valence-electron chi connectivity index (χ2n) is 37.1. The molecule has 2 heteroatoms. The molecular weight excluding hydrogens is 1320 g/mol. The van der Waals surface area contributed by atoms with Crippen LogP contribution in [-0.4, -0.2) is 24.4 Å². The fraction of sp³-hybridized carbons (Fsp3) is 1.00. The van der Waals surface area contributed by atoms with E-state index in [1.807, 2.05) is 0 Å². The van der Waals surface area contributed by atoms with Crippen LogP contribution in [0.3, 0.4) is 0 Å². The summed E-state index contributed by atoms with van der Waals surface area (Å²) in [5.74, 6) is 0. The van der Waals surface area contributed by atoms with Gasteiger partial charge in [-0.15, -0.1) is 0 Å². The van der Waals surface area contributed by atoms with Gasteiger partial charge in [-0.3, -0.25) is 0 Å². The molecule has 8 aliphatic carbocycles. The SMILES string of the molecule is C1CCCCCCCCC1.C1CCCCCCCCC1.C1CCCCCCCCC1.C1CCCCCCCCCCCCCC1.C1CCCCCCCCCCCCCC1.C1CCCCCCCCCCCCCC1.C1CCCCCCCCCCCCCC1.C1CCCCCCCCCCCCCC1.CO.CO. The summed E-state index contributed by atoms with van der Waals surface area (Å²) < 4.78 is 0. The Morgan fingerprint density at radius 2 is 0.0550 bits per heavy atom. The standard InChI is InChI=1S/5C15H30.3C10H20.2CH4O/c5*1-2-4-6-8-10-12-14-15-13-11-9-7-5-3-1;3*1-2-4-6-8-10-9-7-5-3-1;2*1-2/h5*1-15H2;3*1-10H2;2*2H,1H3. The van der Waals surface area contributed by atoms with Crippen molar-refractivity contribution >= 4 is 0 Å². The van der Waals surface area contributed by atoms with Crippen LogP contribution in [0.1, 0.15) is 674 Å². The van der Waals surface area contributed by atoms with Crippen LogP contribution in [-0.2, 0) is 0 Å². The summed E-state index contributed by atoms with van der Waals surface area (Å²) >= 11 is 0. The molecule has 0 heterocycles. The fourth-order valence-electron chi connectivity index (χ4n) is 18.6. The molecule has 109 heavy (non-hydrogen) atoms. The van der Waals surface area contributed by atoms with Crippen molar-refractivity contribution in [2.75, 3.05) is 14.2 Å². The van der Waals surface area contributed by atoms with E-state index in [0.717, 1.165) is 14.2 Å². The Morgan fingerprint density at radius 1 is 0.0459 bits per heavy atom. The highest BCUT2D eigenvalue weighted by molar-refractivity contribution is 4.61. The molecule has 658 valence electrons. The molecule has 0 aromatic carbocycles. The molecule has 2 N–H and O–H groups in total. The first-order chi connectivity index (χ1) is 54.5. The zero-order chi connectivity index (χ0) is 78.2. The molecule has 0 unspecified atom stereocenters. The van der Waals surface area contributed by atoms with Gasteiger partial charge in [0.1, 0.15) is 0 Å². The molecule has 2 nitrogen and oxygen atoms in total. The van der Waals surface area contributed by atoms with Crippen LogP contribution < -0.4 is 0 Å². The summed E-state index contributed by atoms with van der Waals surface area (Å²) in [4.78, 5) is 0. The van der Waals surface area contributed by atoms with Gasteiger partial charge in [0.05, 0.1) is 0 Å². The molecule has 0 saturated heterocycles. The van der Waals surface area contributed by atoms with Crippen molar-refractivity contribution < 1.29 is 10.2 Å². The van der Waals surface area contributed by atoms with Crippen LogP contribution in [0.2, 0.25) is 0 Å². The van der Waals surface area contributed by atoms with Gasteiger partial charge in [0.25, 0.3) is 0 Å². The van der Waals surface area contributed by atoms with Crippen molar-refractivity contribution in [1.29, 1.82) is 0 Å². The van der Waals surface area contributed by atoms with Crippen molar-refractivity contribution in [3.63, 3.8) is 0 Å². The van der Waals surface area contributed by atoms with Gasteiger partial charge in [-0.1, -0.05) is 674 Å². The summed E-state index contributed by atoms with van der Waals surface area (Å²) in [7, 11) is 2.00. The number of hydrogen-bond acceptors (Lipinski definition) is 2. The Kier molecular flexibility index (Phi) is 114. The van der Waals surface area contributed by atoms with Crippen LogP contribution >= 0.6 is 0 Å². The summed E-state index contributed by atoms with van der Waals surface area (Å²) in [6.45, 7) is 0. The lowest BCUT2D eigenvalue weighted by Crippen LogP contribution is -1.85. The Bertz CT molecular complexity index is 810. The highest BCUT2D eigenvalue weighted by Crippen LogP contribution is 2.25. The van der Waals surface area contributed by atoms with Gasteiger partial charge in [0, 0.05) is 14.2 Å². The van der Waals surface area contributed by atoms with Crippen molar-refractivity contribution in [1.82, 2.24) is 0 Å². The predicted octanol–water partition coefficient (Wildman–Crippen LogP) is 40.2. The fourth-order valence-corrected chi connectivity index (χ4v) is 18.6. The minimum atomic E-state index is 1.00. The Labute approximate surface area is 694 Å². The summed E-state index contributed by atoms with van der Waals surface area (Å²) in [6, 6.07) is 0. The van der Waals surface area contributed by atoms with Gasteiger partial charge in [-0.2, -0.15) is 0 Å². The van der Waals surface area contributed by atoms with Gasteiger partial charge in [-0.25, -0.2) is 0 Å². The highest BCUT2D eigenvalue weighted by Gasteiger charge is 2.05. The van der Waals surface area contributed by atoms with Crippen LogP contribution in [0.4, 0.5) is 0 Å². The lowest BCUT2D eigenvalue weighted by Gasteiger charge is -2.05. The molecule has 0 atom stereocenters. The maximum Gasteiger partial charge on any atom is 0.0319 e. The molecule has 8 saturated carbocycles. The third kappa shape index (κ3) is 110. The minimum Gasteiger partial charge on any atom is -0.400 e. The van der Waals surface area contributed by atoms with Gasteiger partial charge in [0.15, 0.2) is 0 Å². The number of rotatable bonds is 0.